The smallest absolute Gasteiger partial charge is 0.306 e. The number of benzene rings is 1. The summed E-state index contributed by atoms with van der Waals surface area (Å²) < 4.78 is 11.1. The number of carbonyl (C=O) groups excluding carboxylic acids is 1. The van der Waals surface area contributed by atoms with Gasteiger partial charge in [-0.15, -0.1) is 0 Å². The Morgan fingerprint density at radius 1 is 1.33 bits per heavy atom. The second kappa shape index (κ2) is 5.73. The van der Waals surface area contributed by atoms with Crippen LogP contribution in [0.4, 0.5) is 0 Å². The molecule has 0 unspecified atom stereocenters. The molecule has 0 aliphatic carbocycles. The Balaban J connectivity index is 1.62. The number of carboxylic acids is 1. The summed E-state index contributed by atoms with van der Waals surface area (Å²) >= 11 is 0. The molecule has 0 saturated carbocycles. The molecule has 0 aromatic heterocycles. The highest BCUT2D eigenvalue weighted by atomic mass is 16.5. The highest BCUT2D eigenvalue weighted by Gasteiger charge is 2.35. The van der Waals surface area contributed by atoms with Crippen LogP contribution in [0.1, 0.15) is 12.0 Å². The maximum absolute atomic E-state index is 12.5. The number of rotatable bonds is 3. The van der Waals surface area contributed by atoms with Crippen LogP contribution in [0, 0.1) is 0 Å². The molecule has 2 heterocycles. The van der Waals surface area contributed by atoms with E-state index in [1.54, 1.807) is 4.90 Å². The minimum Gasteiger partial charge on any atom is -0.481 e. The number of para-hydroxylation sites is 1. The van der Waals surface area contributed by atoms with E-state index in [9.17, 15) is 9.59 Å². The molecule has 2 atom stereocenters. The molecule has 6 heteroatoms. The number of hydrogen-bond acceptors (Lipinski definition) is 4. The van der Waals surface area contributed by atoms with Crippen molar-refractivity contribution in [2.24, 2.45) is 0 Å². The number of carbonyl (C=O) groups is 2. The Kier molecular flexibility index (Phi) is 3.79. The number of carboxylic acid groups (broad SMARTS) is 1. The van der Waals surface area contributed by atoms with Crippen LogP contribution in [0.25, 0.3) is 0 Å². The molecule has 2 aliphatic heterocycles. The quantitative estimate of drug-likeness (QED) is 0.887. The van der Waals surface area contributed by atoms with Gasteiger partial charge in [0.05, 0.1) is 19.1 Å². The first kappa shape index (κ1) is 13.9. The molecule has 0 spiro atoms. The van der Waals surface area contributed by atoms with Gasteiger partial charge < -0.3 is 19.5 Å². The van der Waals surface area contributed by atoms with Gasteiger partial charge in [0.25, 0.3) is 5.91 Å². The molecule has 1 fully saturated rings. The summed E-state index contributed by atoms with van der Waals surface area (Å²) in [6, 6.07) is 7.61. The second-order valence-corrected chi connectivity index (χ2v) is 5.29. The molecular formula is C15H17NO5. The lowest BCUT2D eigenvalue weighted by Gasteiger charge is -2.33. The fraction of sp³-hybridized carbons (Fsp3) is 0.467. The normalized spacial score (nSPS) is 24.3. The Morgan fingerprint density at radius 2 is 2.14 bits per heavy atom. The molecule has 1 aromatic carbocycles. The van der Waals surface area contributed by atoms with Crippen molar-refractivity contribution in [1.82, 2.24) is 4.90 Å². The monoisotopic (exact) mass is 291 g/mol. The van der Waals surface area contributed by atoms with Crippen molar-refractivity contribution in [1.29, 1.82) is 0 Å². The second-order valence-electron chi connectivity index (χ2n) is 5.29. The van der Waals surface area contributed by atoms with Gasteiger partial charge in [0.15, 0.2) is 6.10 Å². The van der Waals surface area contributed by atoms with Crippen LogP contribution in [-0.4, -0.2) is 53.8 Å². The summed E-state index contributed by atoms with van der Waals surface area (Å²) in [5.41, 5.74) is 1.03. The average Bonchev–Trinajstić information content (AvgIpc) is 2.90. The predicted octanol–water partition coefficient (Wildman–Crippen LogP) is 0.692. The van der Waals surface area contributed by atoms with E-state index in [-0.39, 0.29) is 12.3 Å². The maximum Gasteiger partial charge on any atom is 0.306 e. The van der Waals surface area contributed by atoms with Crippen LogP contribution in [0.15, 0.2) is 24.3 Å². The van der Waals surface area contributed by atoms with Gasteiger partial charge in [0.2, 0.25) is 0 Å². The van der Waals surface area contributed by atoms with E-state index in [1.165, 1.54) is 0 Å². The van der Waals surface area contributed by atoms with Crippen molar-refractivity contribution in [2.45, 2.75) is 25.0 Å². The number of hydrogen-bond donors (Lipinski definition) is 1. The van der Waals surface area contributed by atoms with Gasteiger partial charge >= 0.3 is 5.97 Å². The summed E-state index contributed by atoms with van der Waals surface area (Å²) in [7, 11) is 0. The molecule has 0 radical (unpaired) electrons. The van der Waals surface area contributed by atoms with Crippen molar-refractivity contribution in [3.63, 3.8) is 0 Å². The third-order valence-electron chi connectivity index (χ3n) is 3.78. The topological polar surface area (TPSA) is 76.1 Å². The number of fused-ring (bicyclic) bond motifs is 1. The summed E-state index contributed by atoms with van der Waals surface area (Å²) in [5, 5.41) is 8.81. The minimum absolute atomic E-state index is 0.0878. The van der Waals surface area contributed by atoms with Gasteiger partial charge in [-0.1, -0.05) is 18.2 Å². The lowest BCUT2D eigenvalue weighted by Crippen LogP contribution is -2.50. The highest BCUT2D eigenvalue weighted by Crippen LogP contribution is 2.29. The van der Waals surface area contributed by atoms with E-state index in [4.69, 9.17) is 14.6 Å². The molecule has 6 nitrogen and oxygen atoms in total. The third-order valence-corrected chi connectivity index (χ3v) is 3.78. The lowest BCUT2D eigenvalue weighted by molar-refractivity contribution is -0.151. The van der Waals surface area contributed by atoms with Crippen LogP contribution < -0.4 is 4.74 Å². The predicted molar refractivity (Wildman–Crippen MR) is 73.1 cm³/mol. The van der Waals surface area contributed by atoms with E-state index in [0.29, 0.717) is 26.1 Å². The Bertz CT molecular complexity index is 534. The zero-order valence-electron chi connectivity index (χ0n) is 11.5. The summed E-state index contributed by atoms with van der Waals surface area (Å²) in [5.74, 6) is -0.255. The fourth-order valence-electron chi connectivity index (χ4n) is 2.76. The fourth-order valence-corrected chi connectivity index (χ4v) is 2.76. The van der Waals surface area contributed by atoms with E-state index >= 15 is 0 Å². The van der Waals surface area contributed by atoms with E-state index in [0.717, 1.165) is 11.3 Å². The number of ether oxygens (including phenoxy) is 2. The van der Waals surface area contributed by atoms with E-state index in [1.807, 2.05) is 24.3 Å². The lowest BCUT2D eigenvalue weighted by atomic mass is 10.1. The SMILES string of the molecule is O=C(O)C[C@@H]1CN(C(=O)[C@@H]2Cc3ccccc3O2)CCO1. The molecule has 1 N–H and O–H groups in total. The van der Waals surface area contributed by atoms with Crippen molar-refractivity contribution >= 4 is 11.9 Å². The van der Waals surface area contributed by atoms with Gasteiger partial charge in [-0.25, -0.2) is 0 Å². The maximum atomic E-state index is 12.5. The van der Waals surface area contributed by atoms with Crippen molar-refractivity contribution in [3.05, 3.63) is 29.8 Å². The summed E-state index contributed by atoms with van der Waals surface area (Å²) in [4.78, 5) is 24.9. The molecule has 112 valence electrons. The standard InChI is InChI=1S/C15H17NO5/c17-14(18)8-11-9-16(5-6-20-11)15(19)13-7-10-3-1-2-4-12(10)21-13/h1-4,11,13H,5-9H2,(H,17,18)/t11-,13+/m1/s1. The van der Waals surface area contributed by atoms with Crippen LogP contribution >= 0.6 is 0 Å². The molecule has 3 rings (SSSR count). The Hall–Kier alpha value is -2.08. The zero-order chi connectivity index (χ0) is 14.8. The summed E-state index contributed by atoms with van der Waals surface area (Å²) in [6.45, 7) is 1.15. The highest BCUT2D eigenvalue weighted by molar-refractivity contribution is 5.83. The molecule has 2 aliphatic rings. The summed E-state index contributed by atoms with van der Waals surface area (Å²) in [6.07, 6.45) is -0.471. The Labute approximate surface area is 122 Å². The third kappa shape index (κ3) is 3.00. The van der Waals surface area contributed by atoms with E-state index < -0.39 is 18.2 Å². The first-order valence-corrected chi connectivity index (χ1v) is 7.00. The number of morpholine rings is 1. The van der Waals surface area contributed by atoms with Gasteiger partial charge in [-0.05, 0) is 11.6 Å². The Morgan fingerprint density at radius 3 is 2.90 bits per heavy atom. The minimum atomic E-state index is -0.918. The van der Waals surface area contributed by atoms with Gasteiger partial charge in [-0.3, -0.25) is 9.59 Å². The van der Waals surface area contributed by atoms with Crippen LogP contribution in [0.2, 0.25) is 0 Å². The number of amides is 1. The van der Waals surface area contributed by atoms with Gasteiger partial charge in [-0.2, -0.15) is 0 Å². The molecule has 1 amide bonds. The molecule has 21 heavy (non-hydrogen) atoms. The van der Waals surface area contributed by atoms with Crippen molar-refractivity contribution in [3.8, 4) is 5.75 Å². The van der Waals surface area contributed by atoms with Crippen molar-refractivity contribution in [2.75, 3.05) is 19.7 Å². The van der Waals surface area contributed by atoms with Crippen molar-refractivity contribution < 1.29 is 24.2 Å². The number of aliphatic carboxylic acids is 1. The average molecular weight is 291 g/mol. The first-order chi connectivity index (χ1) is 10.1. The zero-order valence-corrected chi connectivity index (χ0v) is 11.5. The van der Waals surface area contributed by atoms with Crippen LogP contribution in [0.5, 0.6) is 5.75 Å². The molecule has 1 aromatic rings. The molecular weight excluding hydrogens is 274 g/mol. The van der Waals surface area contributed by atoms with Gasteiger partial charge in [0, 0.05) is 19.5 Å². The molecule has 0 bridgehead atoms. The first-order valence-electron chi connectivity index (χ1n) is 7.00. The van der Waals surface area contributed by atoms with Gasteiger partial charge in [0.1, 0.15) is 5.75 Å². The van der Waals surface area contributed by atoms with Crippen LogP contribution in [-0.2, 0) is 20.7 Å². The van der Waals surface area contributed by atoms with E-state index in [2.05, 4.69) is 0 Å². The largest absolute Gasteiger partial charge is 0.481 e. The molecule has 1 saturated heterocycles. The van der Waals surface area contributed by atoms with Crippen LogP contribution in [0.3, 0.4) is 0 Å². The number of nitrogens with zero attached hydrogens (tertiary/aromatic N) is 1.